The van der Waals surface area contributed by atoms with E-state index in [4.69, 9.17) is 0 Å². The molecule has 0 unspecified atom stereocenters. The van der Waals surface area contributed by atoms with E-state index in [1.807, 2.05) is 24.3 Å². The van der Waals surface area contributed by atoms with Crippen LogP contribution in [0.5, 0.6) is 0 Å². The number of pyridine rings is 1. The molecular formula is C17H20N4O2S. The van der Waals surface area contributed by atoms with Crippen molar-refractivity contribution in [2.45, 2.75) is 12.8 Å². The minimum Gasteiger partial charge on any atom is -0.368 e. The largest absolute Gasteiger partial charge is 0.368 e. The fourth-order valence-electron chi connectivity index (χ4n) is 3.30. The van der Waals surface area contributed by atoms with E-state index >= 15 is 0 Å². The quantitative estimate of drug-likeness (QED) is 0.920. The Labute approximate surface area is 141 Å². The minimum atomic E-state index is -3.56. The van der Waals surface area contributed by atoms with Gasteiger partial charge in [-0.05, 0) is 31.1 Å². The minimum absolute atomic E-state index is 0.442. The Morgan fingerprint density at radius 2 is 2.00 bits per heavy atom. The van der Waals surface area contributed by atoms with E-state index in [1.165, 1.54) is 3.97 Å². The molecule has 1 aliphatic carbocycles. The first-order valence-corrected chi connectivity index (χ1v) is 9.65. The number of aromatic nitrogens is 2. The van der Waals surface area contributed by atoms with Gasteiger partial charge < -0.3 is 10.2 Å². The first kappa shape index (κ1) is 15.4. The van der Waals surface area contributed by atoms with Crippen molar-refractivity contribution in [3.05, 3.63) is 47.7 Å². The first-order chi connectivity index (χ1) is 11.7. The maximum absolute atomic E-state index is 12.9. The van der Waals surface area contributed by atoms with E-state index in [1.54, 1.807) is 18.5 Å². The third kappa shape index (κ3) is 2.53. The summed E-state index contributed by atoms with van der Waals surface area (Å²) in [5, 5.41) is 4.22. The van der Waals surface area contributed by atoms with Gasteiger partial charge in [0.05, 0.1) is 4.91 Å². The summed E-state index contributed by atoms with van der Waals surface area (Å²) in [5.41, 5.74) is 1.55. The number of nitrogens with zero attached hydrogens (tertiary/aromatic N) is 3. The average molecular weight is 344 g/mol. The third-order valence-corrected chi connectivity index (χ3v) is 6.37. The molecule has 3 heterocycles. The molecule has 1 N–H and O–H groups in total. The second kappa shape index (κ2) is 6.07. The van der Waals surface area contributed by atoms with Gasteiger partial charge in [-0.2, -0.15) is 0 Å². The number of hydrogen-bond donors (Lipinski definition) is 1. The van der Waals surface area contributed by atoms with Crippen molar-refractivity contribution in [2.75, 3.05) is 31.1 Å². The van der Waals surface area contributed by atoms with Crippen LogP contribution in [-0.4, -0.2) is 43.6 Å². The molecule has 0 radical (unpaired) electrons. The smallest absolute Gasteiger partial charge is 0.265 e. The molecule has 0 aromatic carbocycles. The Bertz CT molecular complexity index is 921. The zero-order valence-electron chi connectivity index (χ0n) is 13.4. The number of nitrogens with one attached hydrogen (secondary N) is 1. The lowest BCUT2D eigenvalue weighted by molar-refractivity contribution is 0.590. The van der Waals surface area contributed by atoms with Crippen LogP contribution >= 0.6 is 0 Å². The summed E-state index contributed by atoms with van der Waals surface area (Å²) in [6.07, 6.45) is 10.1. The molecule has 7 heteroatoms. The molecule has 126 valence electrons. The Balaban J connectivity index is 1.81. The highest BCUT2D eigenvalue weighted by Gasteiger charge is 2.24. The van der Waals surface area contributed by atoms with Crippen LogP contribution in [0.4, 0.5) is 5.69 Å². The molecule has 0 amide bonds. The summed E-state index contributed by atoms with van der Waals surface area (Å²) in [6.45, 7) is 3.68. The standard InChI is InChI=1S/C17H20N4O2S/c22-24(23,14-4-2-1-3-5-14)21-11-7-15-16(6-8-19-17(15)21)20-12-9-18-10-13-20/h1-2,4,6-8,11,18H,3,5,9-10,12-13H2. The first-order valence-electron chi connectivity index (χ1n) is 8.21. The van der Waals surface area contributed by atoms with Crippen LogP contribution in [-0.2, 0) is 10.0 Å². The molecule has 2 aliphatic rings. The number of rotatable bonds is 3. The molecule has 0 bridgehead atoms. The van der Waals surface area contributed by atoms with Gasteiger partial charge in [0.15, 0.2) is 5.65 Å². The second-order valence-electron chi connectivity index (χ2n) is 6.02. The van der Waals surface area contributed by atoms with Crippen molar-refractivity contribution in [2.24, 2.45) is 0 Å². The molecular weight excluding hydrogens is 324 g/mol. The van der Waals surface area contributed by atoms with E-state index in [0.717, 1.165) is 43.7 Å². The van der Waals surface area contributed by atoms with Crippen molar-refractivity contribution in [3.8, 4) is 0 Å². The van der Waals surface area contributed by atoms with E-state index < -0.39 is 10.0 Å². The number of piperazine rings is 1. The summed E-state index contributed by atoms with van der Waals surface area (Å²) in [6, 6.07) is 3.82. The van der Waals surface area contributed by atoms with Gasteiger partial charge >= 0.3 is 0 Å². The van der Waals surface area contributed by atoms with E-state index in [9.17, 15) is 8.42 Å². The summed E-state index contributed by atoms with van der Waals surface area (Å²) >= 11 is 0. The van der Waals surface area contributed by atoms with E-state index in [0.29, 0.717) is 17.0 Å². The molecule has 0 spiro atoms. The molecule has 2 aromatic rings. The fourth-order valence-corrected chi connectivity index (χ4v) is 4.77. The number of allylic oxidation sites excluding steroid dienone is 4. The van der Waals surface area contributed by atoms with Crippen molar-refractivity contribution >= 4 is 26.7 Å². The number of fused-ring (bicyclic) bond motifs is 1. The third-order valence-electron chi connectivity index (χ3n) is 4.55. The van der Waals surface area contributed by atoms with Crippen LogP contribution in [0.2, 0.25) is 0 Å². The molecule has 4 rings (SSSR count). The van der Waals surface area contributed by atoms with Crippen molar-refractivity contribution in [3.63, 3.8) is 0 Å². The van der Waals surface area contributed by atoms with Gasteiger partial charge in [0.2, 0.25) is 0 Å². The zero-order valence-corrected chi connectivity index (χ0v) is 14.2. The monoisotopic (exact) mass is 344 g/mol. The zero-order chi connectivity index (χ0) is 16.6. The topological polar surface area (TPSA) is 67.2 Å². The summed E-state index contributed by atoms with van der Waals surface area (Å²) in [4.78, 5) is 7.07. The molecule has 0 atom stereocenters. The normalized spacial score (nSPS) is 18.8. The maximum Gasteiger partial charge on any atom is 0.265 e. The van der Waals surface area contributed by atoms with Crippen molar-refractivity contribution < 1.29 is 8.42 Å². The molecule has 24 heavy (non-hydrogen) atoms. The van der Waals surface area contributed by atoms with Gasteiger partial charge in [0.25, 0.3) is 10.0 Å². The fraction of sp³-hybridized carbons (Fsp3) is 0.353. The van der Waals surface area contributed by atoms with Gasteiger partial charge in [0, 0.05) is 49.6 Å². The lowest BCUT2D eigenvalue weighted by Gasteiger charge is -2.29. The van der Waals surface area contributed by atoms with Crippen LogP contribution in [0.3, 0.4) is 0 Å². The predicted molar refractivity (Wildman–Crippen MR) is 95.6 cm³/mol. The van der Waals surface area contributed by atoms with Crippen LogP contribution in [0.15, 0.2) is 47.7 Å². The lowest BCUT2D eigenvalue weighted by atomic mass is 10.2. The summed E-state index contributed by atoms with van der Waals surface area (Å²) in [7, 11) is -3.56. The highest BCUT2D eigenvalue weighted by Crippen LogP contribution is 2.30. The SMILES string of the molecule is O=S(=O)(C1=CC=CCC1)n1ccc2c(N3CCNCC3)ccnc21. The van der Waals surface area contributed by atoms with Crippen LogP contribution in [0.25, 0.3) is 11.0 Å². The second-order valence-corrected chi connectivity index (χ2v) is 7.89. The van der Waals surface area contributed by atoms with Crippen LogP contribution < -0.4 is 10.2 Å². The molecule has 1 aliphatic heterocycles. The highest BCUT2D eigenvalue weighted by molar-refractivity contribution is 7.93. The number of anilines is 1. The van der Waals surface area contributed by atoms with Gasteiger partial charge in [-0.3, -0.25) is 0 Å². The Morgan fingerprint density at radius 1 is 1.17 bits per heavy atom. The Kier molecular flexibility index (Phi) is 3.90. The predicted octanol–water partition coefficient (Wildman–Crippen LogP) is 1.86. The number of hydrogen-bond acceptors (Lipinski definition) is 5. The Hall–Kier alpha value is -2.12. The maximum atomic E-state index is 12.9. The van der Waals surface area contributed by atoms with Gasteiger partial charge in [-0.1, -0.05) is 12.2 Å². The molecule has 1 fully saturated rings. The van der Waals surface area contributed by atoms with E-state index in [-0.39, 0.29) is 0 Å². The highest BCUT2D eigenvalue weighted by atomic mass is 32.2. The Morgan fingerprint density at radius 3 is 2.75 bits per heavy atom. The van der Waals surface area contributed by atoms with Crippen molar-refractivity contribution in [1.82, 2.24) is 14.3 Å². The van der Waals surface area contributed by atoms with Gasteiger partial charge in [-0.15, -0.1) is 0 Å². The molecule has 0 saturated carbocycles. The van der Waals surface area contributed by atoms with Crippen LogP contribution in [0, 0.1) is 0 Å². The molecule has 6 nitrogen and oxygen atoms in total. The lowest BCUT2D eigenvalue weighted by Crippen LogP contribution is -2.43. The molecule has 1 saturated heterocycles. The van der Waals surface area contributed by atoms with Crippen molar-refractivity contribution in [1.29, 1.82) is 0 Å². The van der Waals surface area contributed by atoms with Crippen LogP contribution in [0.1, 0.15) is 12.8 Å². The van der Waals surface area contributed by atoms with E-state index in [2.05, 4.69) is 15.2 Å². The average Bonchev–Trinajstić information content (AvgIpc) is 3.08. The van der Waals surface area contributed by atoms with Gasteiger partial charge in [-0.25, -0.2) is 17.4 Å². The summed E-state index contributed by atoms with van der Waals surface area (Å²) in [5.74, 6) is 0. The van der Waals surface area contributed by atoms with Gasteiger partial charge in [0.1, 0.15) is 0 Å². The summed E-state index contributed by atoms with van der Waals surface area (Å²) < 4.78 is 27.2. The molecule has 2 aromatic heterocycles.